The quantitative estimate of drug-likeness (QED) is 0.204. The molecule has 0 aliphatic carbocycles. The van der Waals surface area contributed by atoms with Crippen LogP contribution in [-0.2, 0) is 17.1 Å². The Morgan fingerprint density at radius 3 is 2.32 bits per heavy atom. The van der Waals surface area contributed by atoms with Crippen LogP contribution in [0.25, 0.3) is 5.69 Å². The lowest BCUT2D eigenvalue weighted by Gasteiger charge is -2.11. The summed E-state index contributed by atoms with van der Waals surface area (Å²) in [6.07, 6.45) is 8.85. The number of carbonyl (C=O) groups excluding carboxylic acids is 1. The summed E-state index contributed by atoms with van der Waals surface area (Å²) >= 11 is 1.54. The molecule has 5 nitrogen and oxygen atoms in total. The molecular formula is C27H35FN4OS. The van der Waals surface area contributed by atoms with Crippen LogP contribution in [0.5, 0.6) is 0 Å². The topological polar surface area (TPSA) is 59.8 Å². The van der Waals surface area contributed by atoms with Gasteiger partial charge in [0.1, 0.15) is 5.82 Å². The first-order valence-electron chi connectivity index (χ1n) is 12.2. The average molecular weight is 483 g/mol. The summed E-state index contributed by atoms with van der Waals surface area (Å²) in [6.45, 7) is 4.59. The SMILES string of the molecule is CCCCCCCCCC(=O)NCc1nnc(SCc2ccc(F)cc2)n1-c1ccc(C)cc1. The number of unbranched alkanes of at least 4 members (excludes halogenated alkanes) is 6. The lowest BCUT2D eigenvalue weighted by atomic mass is 10.1. The summed E-state index contributed by atoms with van der Waals surface area (Å²) < 4.78 is 15.2. The highest BCUT2D eigenvalue weighted by atomic mass is 32.2. The highest BCUT2D eigenvalue weighted by molar-refractivity contribution is 7.98. The van der Waals surface area contributed by atoms with E-state index in [0.29, 0.717) is 24.5 Å². The van der Waals surface area contributed by atoms with E-state index in [0.717, 1.165) is 29.2 Å². The van der Waals surface area contributed by atoms with E-state index in [1.54, 1.807) is 12.1 Å². The van der Waals surface area contributed by atoms with Crippen molar-refractivity contribution in [1.29, 1.82) is 0 Å². The summed E-state index contributed by atoms with van der Waals surface area (Å²) in [7, 11) is 0. The normalized spacial score (nSPS) is 11.0. The Morgan fingerprint density at radius 2 is 1.62 bits per heavy atom. The van der Waals surface area contributed by atoms with Gasteiger partial charge in [0.15, 0.2) is 11.0 Å². The van der Waals surface area contributed by atoms with Gasteiger partial charge in [-0.25, -0.2) is 4.39 Å². The summed E-state index contributed by atoms with van der Waals surface area (Å²) in [5, 5.41) is 12.5. The van der Waals surface area contributed by atoms with Crippen molar-refractivity contribution in [3.05, 3.63) is 71.3 Å². The van der Waals surface area contributed by atoms with E-state index in [4.69, 9.17) is 0 Å². The summed E-state index contributed by atoms with van der Waals surface area (Å²) in [6, 6.07) is 14.6. The van der Waals surface area contributed by atoms with Crippen LogP contribution in [0.1, 0.15) is 75.2 Å². The molecule has 0 atom stereocenters. The zero-order valence-electron chi connectivity index (χ0n) is 20.2. The van der Waals surface area contributed by atoms with Crippen molar-refractivity contribution in [1.82, 2.24) is 20.1 Å². The summed E-state index contributed by atoms with van der Waals surface area (Å²) in [5.41, 5.74) is 3.13. The summed E-state index contributed by atoms with van der Waals surface area (Å²) in [5.74, 6) is 1.14. The molecule has 0 bridgehead atoms. The molecule has 3 rings (SSSR count). The fraction of sp³-hybridized carbons (Fsp3) is 0.444. The number of halogens is 1. The summed E-state index contributed by atoms with van der Waals surface area (Å²) in [4.78, 5) is 12.4. The van der Waals surface area contributed by atoms with Gasteiger partial charge in [0.2, 0.25) is 5.91 Å². The molecule has 0 fully saturated rings. The molecule has 0 spiro atoms. The molecule has 0 unspecified atom stereocenters. The number of nitrogens with zero attached hydrogens (tertiary/aromatic N) is 3. The second-order valence-corrected chi connectivity index (χ2v) is 9.58. The molecule has 0 aliphatic heterocycles. The van der Waals surface area contributed by atoms with Gasteiger partial charge in [-0.3, -0.25) is 9.36 Å². The van der Waals surface area contributed by atoms with Gasteiger partial charge in [-0.05, 0) is 43.2 Å². The highest BCUT2D eigenvalue weighted by Gasteiger charge is 2.15. The van der Waals surface area contributed by atoms with Crippen molar-refractivity contribution >= 4 is 17.7 Å². The molecule has 0 saturated carbocycles. The highest BCUT2D eigenvalue weighted by Crippen LogP contribution is 2.25. The maximum Gasteiger partial charge on any atom is 0.220 e. The number of hydrogen-bond donors (Lipinski definition) is 1. The van der Waals surface area contributed by atoms with Crippen LogP contribution in [0, 0.1) is 12.7 Å². The van der Waals surface area contributed by atoms with Crippen molar-refractivity contribution in [2.24, 2.45) is 0 Å². The number of rotatable bonds is 14. The van der Waals surface area contributed by atoms with Crippen molar-refractivity contribution < 1.29 is 9.18 Å². The standard InChI is InChI=1S/C27H35FN4OS/c1-3-4-5-6-7-8-9-10-26(33)29-19-25-30-31-27(32(25)24-17-11-21(2)12-18-24)34-20-22-13-15-23(28)16-14-22/h11-18H,3-10,19-20H2,1-2H3,(H,29,33). The smallest absolute Gasteiger partial charge is 0.220 e. The molecule has 1 heterocycles. The molecule has 2 aromatic carbocycles. The zero-order chi connectivity index (χ0) is 24.2. The van der Waals surface area contributed by atoms with E-state index in [1.165, 1.54) is 61.6 Å². The van der Waals surface area contributed by atoms with Gasteiger partial charge < -0.3 is 5.32 Å². The van der Waals surface area contributed by atoms with E-state index < -0.39 is 0 Å². The van der Waals surface area contributed by atoms with Gasteiger partial charge in [0, 0.05) is 17.9 Å². The molecule has 7 heteroatoms. The Labute approximate surface area is 206 Å². The molecule has 0 radical (unpaired) electrons. The molecule has 34 heavy (non-hydrogen) atoms. The maximum atomic E-state index is 13.2. The number of nitrogens with one attached hydrogen (secondary N) is 1. The second kappa shape index (κ2) is 13.9. The third kappa shape index (κ3) is 8.28. The number of amides is 1. The molecule has 0 saturated heterocycles. The number of benzene rings is 2. The van der Waals surface area contributed by atoms with Gasteiger partial charge in [-0.2, -0.15) is 0 Å². The van der Waals surface area contributed by atoms with Crippen LogP contribution < -0.4 is 5.32 Å². The largest absolute Gasteiger partial charge is 0.349 e. The zero-order valence-corrected chi connectivity index (χ0v) is 21.0. The Kier molecular flexibility index (Phi) is 10.6. The van der Waals surface area contributed by atoms with E-state index >= 15 is 0 Å². The third-order valence-electron chi connectivity index (χ3n) is 5.72. The Bertz CT molecular complexity index is 1020. The predicted molar refractivity (Wildman–Crippen MR) is 137 cm³/mol. The third-order valence-corrected chi connectivity index (χ3v) is 6.72. The lowest BCUT2D eigenvalue weighted by molar-refractivity contribution is -0.121. The van der Waals surface area contributed by atoms with Gasteiger partial charge in [0.25, 0.3) is 0 Å². The minimum atomic E-state index is -0.244. The van der Waals surface area contributed by atoms with Gasteiger partial charge in [-0.15, -0.1) is 10.2 Å². The first kappa shape index (κ1) is 25.9. The molecule has 1 amide bonds. The Morgan fingerprint density at radius 1 is 0.941 bits per heavy atom. The number of thioether (sulfide) groups is 1. The lowest BCUT2D eigenvalue weighted by Crippen LogP contribution is -2.24. The van der Waals surface area contributed by atoms with Crippen LogP contribution >= 0.6 is 11.8 Å². The minimum absolute atomic E-state index is 0.0486. The van der Waals surface area contributed by atoms with Crippen molar-refractivity contribution in [3.63, 3.8) is 0 Å². The van der Waals surface area contributed by atoms with Crippen molar-refractivity contribution in [3.8, 4) is 5.69 Å². The van der Waals surface area contributed by atoms with E-state index in [1.807, 2.05) is 35.8 Å². The molecule has 182 valence electrons. The van der Waals surface area contributed by atoms with E-state index in [-0.39, 0.29) is 11.7 Å². The van der Waals surface area contributed by atoms with Crippen LogP contribution in [0.4, 0.5) is 4.39 Å². The second-order valence-electron chi connectivity index (χ2n) is 8.63. The van der Waals surface area contributed by atoms with E-state index in [2.05, 4.69) is 22.4 Å². The van der Waals surface area contributed by atoms with Crippen LogP contribution in [0.15, 0.2) is 53.7 Å². The maximum absolute atomic E-state index is 13.2. The molecule has 0 aliphatic rings. The monoisotopic (exact) mass is 482 g/mol. The van der Waals surface area contributed by atoms with E-state index in [9.17, 15) is 9.18 Å². The average Bonchev–Trinajstić information content (AvgIpc) is 3.25. The number of carbonyl (C=O) groups is 1. The van der Waals surface area contributed by atoms with Crippen LogP contribution in [0.2, 0.25) is 0 Å². The molecule has 3 aromatic rings. The molecule has 1 aromatic heterocycles. The Hall–Kier alpha value is -2.67. The van der Waals surface area contributed by atoms with Crippen LogP contribution in [-0.4, -0.2) is 20.7 Å². The van der Waals surface area contributed by atoms with Crippen molar-refractivity contribution in [2.45, 2.75) is 82.7 Å². The number of aromatic nitrogens is 3. The number of aryl methyl sites for hydroxylation is 1. The Balaban J connectivity index is 1.59. The van der Waals surface area contributed by atoms with Gasteiger partial charge in [-0.1, -0.05) is 87.0 Å². The molecule has 1 N–H and O–H groups in total. The fourth-order valence-corrected chi connectivity index (χ4v) is 4.63. The van der Waals surface area contributed by atoms with Crippen LogP contribution in [0.3, 0.4) is 0 Å². The van der Waals surface area contributed by atoms with Crippen molar-refractivity contribution in [2.75, 3.05) is 0 Å². The van der Waals surface area contributed by atoms with Gasteiger partial charge in [0.05, 0.1) is 6.54 Å². The predicted octanol–water partition coefficient (Wildman–Crippen LogP) is 6.76. The molecular weight excluding hydrogens is 447 g/mol. The van der Waals surface area contributed by atoms with Gasteiger partial charge >= 0.3 is 0 Å². The first-order chi connectivity index (χ1) is 16.6. The minimum Gasteiger partial charge on any atom is -0.349 e. The number of hydrogen-bond acceptors (Lipinski definition) is 4. The fourth-order valence-electron chi connectivity index (χ4n) is 3.70. The first-order valence-corrected chi connectivity index (χ1v) is 13.2.